The summed E-state index contributed by atoms with van der Waals surface area (Å²) < 4.78 is 48.2. The van der Waals surface area contributed by atoms with Crippen LogP contribution in [0.15, 0.2) is 47.6 Å². The van der Waals surface area contributed by atoms with Crippen molar-refractivity contribution in [1.29, 1.82) is 0 Å². The number of ether oxygens (including phenoxy) is 5. The largest absolute Gasteiger partial charge is 0.460 e. The lowest BCUT2D eigenvalue weighted by molar-refractivity contribution is -0.265. The van der Waals surface area contributed by atoms with Crippen LogP contribution in [-0.4, -0.2) is 140 Å². The van der Waals surface area contributed by atoms with Crippen molar-refractivity contribution in [2.45, 2.75) is 180 Å². The van der Waals surface area contributed by atoms with Gasteiger partial charge in [-0.2, -0.15) is 0 Å². The van der Waals surface area contributed by atoms with E-state index < -0.39 is 85.1 Å². The van der Waals surface area contributed by atoms with E-state index in [0.29, 0.717) is 63.4 Å². The van der Waals surface area contributed by atoms with Crippen LogP contribution in [-0.2, 0) is 56.7 Å². The summed E-state index contributed by atoms with van der Waals surface area (Å²) in [7, 11) is 1.76. The molecule has 1 aliphatic carbocycles. The number of hydrogen-bond acceptors (Lipinski definition) is 14. The minimum absolute atomic E-state index is 0.0117. The number of esters is 1. The quantitative estimate of drug-likeness (QED) is 0.104. The molecule has 3 aliphatic heterocycles. The predicted octanol–water partition coefficient (Wildman–Crippen LogP) is 7.74. The van der Waals surface area contributed by atoms with Crippen LogP contribution in [0.3, 0.4) is 0 Å². The first-order chi connectivity index (χ1) is 32.4. The zero-order chi connectivity index (χ0) is 51.4. The lowest BCUT2D eigenvalue weighted by Crippen LogP contribution is -2.61. The van der Waals surface area contributed by atoms with E-state index in [1.807, 2.05) is 58.1 Å². The molecule has 0 radical (unpaired) electrons. The topological polar surface area (TPSA) is 201 Å². The van der Waals surface area contributed by atoms with Gasteiger partial charge in [-0.05, 0) is 107 Å². The molecule has 2 saturated heterocycles. The Balaban J connectivity index is 1.70. The summed E-state index contributed by atoms with van der Waals surface area (Å²) in [5.41, 5.74) is 1.25. The van der Waals surface area contributed by atoms with E-state index in [0.717, 1.165) is 12.0 Å². The maximum Gasteiger partial charge on any atom is 0.329 e. The molecule has 15 atom stereocenters. The maximum atomic E-state index is 14.5. The molecule has 2 bridgehead atoms. The van der Waals surface area contributed by atoms with Gasteiger partial charge < -0.3 is 43.3 Å². The highest BCUT2D eigenvalue weighted by atomic mass is 31.2. The zero-order valence-corrected chi connectivity index (χ0v) is 44.3. The molecule has 4 aliphatic rings. The van der Waals surface area contributed by atoms with Crippen LogP contribution in [0, 0.1) is 35.5 Å². The maximum absolute atomic E-state index is 14.5. The third-order valence-corrected chi connectivity index (χ3v) is 15.6. The molecule has 0 aromatic carbocycles. The Morgan fingerprint density at radius 3 is 2.22 bits per heavy atom. The minimum Gasteiger partial charge on any atom is -0.460 e. The molecule has 3 fully saturated rings. The first-order valence-corrected chi connectivity index (χ1v) is 27.7. The second-order valence-electron chi connectivity index (χ2n) is 20.9. The van der Waals surface area contributed by atoms with E-state index in [-0.39, 0.29) is 60.9 Å². The van der Waals surface area contributed by atoms with Gasteiger partial charge in [0, 0.05) is 71.8 Å². The number of aliphatic hydroxyl groups is 2. The van der Waals surface area contributed by atoms with Crippen molar-refractivity contribution in [1.82, 2.24) is 4.90 Å². The fraction of sp³-hybridized carbons (Fsp3) is 0.755. The number of amides is 1. The number of rotatable bonds is 8. The minimum atomic E-state index is -2.79. The highest BCUT2D eigenvalue weighted by molar-refractivity contribution is 7.57. The number of aliphatic hydroxyl groups excluding tert-OH is 1. The smallest absolute Gasteiger partial charge is 0.329 e. The molecule has 0 aromatic heterocycles. The lowest BCUT2D eigenvalue weighted by atomic mass is 9.78. The van der Waals surface area contributed by atoms with Crippen molar-refractivity contribution in [3.05, 3.63) is 47.6 Å². The Kier molecular flexibility index (Phi) is 22.5. The Labute approximate surface area is 411 Å². The van der Waals surface area contributed by atoms with Crippen molar-refractivity contribution in [2.24, 2.45) is 35.5 Å². The third kappa shape index (κ3) is 16.2. The summed E-state index contributed by atoms with van der Waals surface area (Å²) in [6, 6.07) is -1.16. The molecule has 0 spiro atoms. The molecule has 16 heteroatoms. The van der Waals surface area contributed by atoms with Gasteiger partial charge in [0.1, 0.15) is 30.1 Å². The Bertz CT molecular complexity index is 1940. The van der Waals surface area contributed by atoms with Gasteiger partial charge in [0.15, 0.2) is 13.2 Å². The van der Waals surface area contributed by atoms with Gasteiger partial charge >= 0.3 is 5.97 Å². The Morgan fingerprint density at radius 1 is 0.855 bits per heavy atom. The average molecular weight is 990 g/mol. The second kappa shape index (κ2) is 26.5. The number of Topliss-reactive ketones (excluding diaryl/α,β-unsaturated/α-hetero) is 3. The summed E-state index contributed by atoms with van der Waals surface area (Å²) in [6.07, 6.45) is 11.4. The van der Waals surface area contributed by atoms with Crippen molar-refractivity contribution < 1.29 is 67.0 Å². The van der Waals surface area contributed by atoms with Gasteiger partial charge in [0.05, 0.1) is 24.4 Å². The highest BCUT2D eigenvalue weighted by Crippen LogP contribution is 2.45. The van der Waals surface area contributed by atoms with Crippen molar-refractivity contribution >= 4 is 36.6 Å². The van der Waals surface area contributed by atoms with Crippen LogP contribution in [0.25, 0.3) is 0 Å². The number of hydrogen-bond donors (Lipinski definition) is 2. The first-order valence-electron chi connectivity index (χ1n) is 25.2. The molecule has 1 amide bonds. The van der Waals surface area contributed by atoms with Crippen LogP contribution < -0.4 is 0 Å². The summed E-state index contributed by atoms with van der Waals surface area (Å²) >= 11 is 0. The number of allylic oxidation sites excluding steroid dienone is 6. The molecule has 2 N–H and O–H groups in total. The van der Waals surface area contributed by atoms with E-state index in [2.05, 4.69) is 0 Å². The van der Waals surface area contributed by atoms with Gasteiger partial charge in [-0.25, -0.2) is 4.79 Å². The summed E-state index contributed by atoms with van der Waals surface area (Å²) in [5.74, 6) is -8.11. The molecule has 1 saturated carbocycles. The van der Waals surface area contributed by atoms with Crippen molar-refractivity contribution in [3.63, 3.8) is 0 Å². The van der Waals surface area contributed by atoms with E-state index in [9.17, 15) is 38.8 Å². The monoisotopic (exact) mass is 990 g/mol. The van der Waals surface area contributed by atoms with Crippen LogP contribution in [0.1, 0.15) is 126 Å². The van der Waals surface area contributed by atoms with Crippen LogP contribution in [0.4, 0.5) is 0 Å². The summed E-state index contributed by atoms with van der Waals surface area (Å²) in [4.78, 5) is 72.2. The molecular weight excluding hydrogens is 906 g/mol. The van der Waals surface area contributed by atoms with Gasteiger partial charge in [-0.3, -0.25) is 23.7 Å². The SMILES string of the molecule is CO[C@@H]1C(=O)[C@@H](C)C[C@@H](C)/C=C/C=C/C=C(\C)[C@H](OC)C[C@H]2CC[C@H](C)[C@@](O)(O2)C(=O)C(=O)N2CCCC[C@@H]2C(=O)O[C@H]([C@H](C)C[C@@H]2CC[C@H](OP(C)(C)=O)[C@H](OC)C2)CC(=O)[C@H](C)/C=C(\C)[C@@H]1O. The number of methoxy groups -OCH3 is 3. The van der Waals surface area contributed by atoms with Crippen molar-refractivity contribution in [2.75, 3.05) is 41.2 Å². The van der Waals surface area contributed by atoms with Gasteiger partial charge in [-0.15, -0.1) is 0 Å². The average Bonchev–Trinajstić information content (AvgIpc) is 3.30. The Morgan fingerprint density at radius 2 is 1.57 bits per heavy atom. The fourth-order valence-electron chi connectivity index (χ4n) is 10.5. The van der Waals surface area contributed by atoms with E-state index in [1.165, 1.54) is 12.0 Å². The molecule has 0 aromatic rings. The number of nitrogens with zero attached hydrogens (tertiary/aromatic N) is 1. The van der Waals surface area contributed by atoms with Crippen molar-refractivity contribution in [3.8, 4) is 0 Å². The first kappa shape index (κ1) is 58.4. The van der Waals surface area contributed by atoms with E-state index in [1.54, 1.807) is 54.4 Å². The molecule has 0 unspecified atom stereocenters. The molecule has 69 heavy (non-hydrogen) atoms. The number of piperidine rings is 1. The van der Waals surface area contributed by atoms with E-state index in [4.69, 9.17) is 28.2 Å². The fourth-order valence-corrected chi connectivity index (χ4v) is 11.4. The second-order valence-corrected chi connectivity index (χ2v) is 23.6. The molecule has 3 heterocycles. The molecule has 390 valence electrons. The summed E-state index contributed by atoms with van der Waals surface area (Å²) in [5, 5.41) is 23.5. The number of carbonyl (C=O) groups is 5. The highest BCUT2D eigenvalue weighted by Gasteiger charge is 2.53. The van der Waals surface area contributed by atoms with Crippen LogP contribution in [0.2, 0.25) is 0 Å². The predicted molar refractivity (Wildman–Crippen MR) is 263 cm³/mol. The number of fused-ring (bicyclic) bond motifs is 3. The van der Waals surface area contributed by atoms with E-state index >= 15 is 0 Å². The number of carbonyl (C=O) groups excluding carboxylic acids is 5. The number of ketones is 3. The Hall–Kier alpha value is -3.14. The standard InChI is InChI=1S/C53H84NO14P/c1-32-18-14-13-15-19-33(2)44(63-8)30-40-23-21-38(7)53(61,67-40)50(58)51(59)54-25-17-16-20-41(54)52(60)66-45(35(4)28-39-22-24-43(46(29-39)64-9)68-69(11,12)62)31-42(55)34(3)27-37(6)48(57)49(65-10)47(56)36(5)26-32/h13-15,18-19,27,32,34-36,38-41,43-46,48-49,57,61H,16-17,20-26,28-31H2,1-12H3/b15-13+,18-14+,33-19+,37-27+/t32-,34+,35+,36-,38-,39-,40+,41+,43-,44+,45-,46+,48-,49+,53+/m0/s1. The van der Waals surface area contributed by atoms with Gasteiger partial charge in [-0.1, -0.05) is 71.1 Å². The molecular formula is C53H84NO14P. The lowest BCUT2D eigenvalue weighted by Gasteiger charge is -2.42. The third-order valence-electron chi connectivity index (χ3n) is 14.8. The zero-order valence-electron chi connectivity index (χ0n) is 43.4. The normalized spacial score (nSPS) is 39.0. The molecule has 15 nitrogen and oxygen atoms in total. The number of cyclic esters (lactones) is 1. The van der Waals surface area contributed by atoms with Gasteiger partial charge in [0.2, 0.25) is 5.79 Å². The summed E-state index contributed by atoms with van der Waals surface area (Å²) in [6.45, 7) is 15.9. The molecule has 4 rings (SSSR count). The van der Waals surface area contributed by atoms with Crippen LogP contribution in [0.5, 0.6) is 0 Å². The van der Waals surface area contributed by atoms with Gasteiger partial charge in [0.25, 0.3) is 11.7 Å². The van der Waals surface area contributed by atoms with Crippen LogP contribution >= 0.6 is 7.37 Å².